The van der Waals surface area contributed by atoms with E-state index in [-0.39, 0.29) is 27.6 Å². The van der Waals surface area contributed by atoms with Crippen LogP contribution in [0, 0.1) is 5.82 Å². The van der Waals surface area contributed by atoms with Crippen LogP contribution in [0.2, 0.25) is 5.02 Å². The molecular formula is C13H15ClFN3O3S. The summed E-state index contributed by atoms with van der Waals surface area (Å²) >= 11 is 5.88. The molecule has 1 aromatic heterocycles. The first-order chi connectivity index (χ1) is 10.2. The molecule has 2 aromatic rings. The fourth-order valence-corrected chi connectivity index (χ4v) is 3.20. The molecule has 0 amide bonds. The van der Waals surface area contributed by atoms with Crippen molar-refractivity contribution in [3.05, 3.63) is 35.2 Å². The predicted molar refractivity (Wildman–Crippen MR) is 81.2 cm³/mol. The van der Waals surface area contributed by atoms with E-state index in [0.717, 1.165) is 12.1 Å². The summed E-state index contributed by atoms with van der Waals surface area (Å²) in [5.41, 5.74) is 0. The lowest BCUT2D eigenvalue weighted by molar-refractivity contribution is 0.235. The van der Waals surface area contributed by atoms with Crippen LogP contribution < -0.4 is 9.46 Å². The molecule has 2 rings (SSSR count). The van der Waals surface area contributed by atoms with Crippen LogP contribution in [0.5, 0.6) is 5.75 Å². The van der Waals surface area contributed by atoms with Gasteiger partial charge in [-0.25, -0.2) is 12.8 Å². The lowest BCUT2D eigenvalue weighted by Gasteiger charge is -2.15. The molecule has 0 unspecified atom stereocenters. The van der Waals surface area contributed by atoms with Crippen molar-refractivity contribution in [3.8, 4) is 5.75 Å². The highest BCUT2D eigenvalue weighted by Crippen LogP contribution is 2.29. The number of halogens is 2. The van der Waals surface area contributed by atoms with Crippen molar-refractivity contribution in [1.82, 2.24) is 9.78 Å². The molecule has 22 heavy (non-hydrogen) atoms. The zero-order valence-electron chi connectivity index (χ0n) is 12.2. The third-order valence-corrected chi connectivity index (χ3v) is 4.21. The largest absolute Gasteiger partial charge is 0.490 e. The lowest BCUT2D eigenvalue weighted by atomic mass is 10.3. The van der Waals surface area contributed by atoms with Crippen LogP contribution in [0.25, 0.3) is 0 Å². The number of rotatable bonds is 5. The molecule has 0 aliphatic rings. The van der Waals surface area contributed by atoms with Crippen LogP contribution in [-0.2, 0) is 17.1 Å². The average molecular weight is 348 g/mol. The summed E-state index contributed by atoms with van der Waals surface area (Å²) in [5, 5.41) is 4.03. The molecule has 0 fully saturated rings. The number of sulfonamides is 1. The van der Waals surface area contributed by atoms with Gasteiger partial charge < -0.3 is 4.74 Å². The molecule has 0 spiro atoms. The fourth-order valence-electron chi connectivity index (χ4n) is 1.75. The number of hydrogen-bond donors (Lipinski definition) is 1. The molecule has 0 atom stereocenters. The molecular weight excluding hydrogens is 333 g/mol. The minimum Gasteiger partial charge on any atom is -0.490 e. The lowest BCUT2D eigenvalue weighted by Crippen LogP contribution is -2.17. The van der Waals surface area contributed by atoms with Crippen molar-refractivity contribution in [3.63, 3.8) is 0 Å². The smallest absolute Gasteiger partial charge is 0.266 e. The van der Waals surface area contributed by atoms with Crippen LogP contribution in [0.1, 0.15) is 13.8 Å². The van der Waals surface area contributed by atoms with Crippen molar-refractivity contribution in [2.24, 2.45) is 7.05 Å². The summed E-state index contributed by atoms with van der Waals surface area (Å²) in [4.78, 5) is -0.317. The van der Waals surface area contributed by atoms with E-state index in [1.54, 1.807) is 20.9 Å². The minimum atomic E-state index is -4.10. The van der Waals surface area contributed by atoms with E-state index in [4.69, 9.17) is 16.3 Å². The van der Waals surface area contributed by atoms with Crippen LogP contribution in [0.15, 0.2) is 29.3 Å². The molecule has 9 heteroatoms. The van der Waals surface area contributed by atoms with E-state index in [0.29, 0.717) is 0 Å². The number of aromatic nitrogens is 2. The number of nitrogens with zero attached hydrogens (tertiary/aromatic N) is 2. The summed E-state index contributed by atoms with van der Waals surface area (Å²) in [7, 11) is -2.50. The molecule has 0 aliphatic heterocycles. The fraction of sp³-hybridized carbons (Fsp3) is 0.308. The van der Waals surface area contributed by atoms with Gasteiger partial charge in [0.15, 0.2) is 5.82 Å². The maximum absolute atomic E-state index is 13.4. The van der Waals surface area contributed by atoms with Crippen molar-refractivity contribution in [1.29, 1.82) is 0 Å². The van der Waals surface area contributed by atoms with Gasteiger partial charge in [0.2, 0.25) is 0 Å². The van der Waals surface area contributed by atoms with Crippen molar-refractivity contribution in [2.45, 2.75) is 24.8 Å². The number of hydrogen-bond acceptors (Lipinski definition) is 4. The van der Waals surface area contributed by atoms with Gasteiger partial charge in [-0.3, -0.25) is 9.40 Å². The van der Waals surface area contributed by atoms with Crippen LogP contribution >= 0.6 is 11.6 Å². The second-order valence-electron chi connectivity index (χ2n) is 4.86. The van der Waals surface area contributed by atoms with E-state index in [1.165, 1.54) is 16.9 Å². The van der Waals surface area contributed by atoms with E-state index in [9.17, 15) is 12.8 Å². The van der Waals surface area contributed by atoms with Gasteiger partial charge >= 0.3 is 0 Å². The molecule has 0 radical (unpaired) electrons. The molecule has 1 aromatic carbocycles. The Hall–Kier alpha value is -1.80. The zero-order valence-corrected chi connectivity index (χ0v) is 13.7. The Morgan fingerprint density at radius 2 is 2.09 bits per heavy atom. The maximum Gasteiger partial charge on any atom is 0.266 e. The van der Waals surface area contributed by atoms with Gasteiger partial charge in [0.25, 0.3) is 10.0 Å². The molecule has 0 saturated heterocycles. The zero-order chi connectivity index (χ0) is 16.5. The number of aryl methyl sites for hydroxylation is 1. The van der Waals surface area contributed by atoms with Crippen molar-refractivity contribution in [2.75, 3.05) is 4.72 Å². The third-order valence-electron chi connectivity index (χ3n) is 2.57. The number of benzene rings is 1. The first-order valence-corrected chi connectivity index (χ1v) is 8.23. The number of ether oxygens (including phenoxy) is 1. The first-order valence-electron chi connectivity index (χ1n) is 6.37. The maximum atomic E-state index is 13.4. The Labute approximate surface area is 132 Å². The standard InChI is InChI=1S/C13H15ClFN3O3S/c1-8(2)21-11-5-4-9(15)6-12(11)22(19,20)17-13-10(14)7-18(3)16-13/h4-8H,1-3H3,(H,16,17). The molecule has 120 valence electrons. The summed E-state index contributed by atoms with van der Waals surface area (Å²) < 4.78 is 47.3. The van der Waals surface area contributed by atoms with Gasteiger partial charge in [0.05, 0.1) is 6.10 Å². The van der Waals surface area contributed by atoms with E-state index in [1.807, 2.05) is 0 Å². The molecule has 0 aliphatic carbocycles. The van der Waals surface area contributed by atoms with E-state index in [2.05, 4.69) is 9.82 Å². The second-order valence-corrected chi connectivity index (χ2v) is 6.92. The van der Waals surface area contributed by atoms with E-state index < -0.39 is 15.8 Å². The Balaban J connectivity index is 2.44. The number of anilines is 1. The Morgan fingerprint density at radius 3 is 2.64 bits per heavy atom. The summed E-state index contributed by atoms with van der Waals surface area (Å²) in [5.74, 6) is -0.677. The molecule has 0 bridgehead atoms. The third kappa shape index (κ3) is 3.69. The highest BCUT2D eigenvalue weighted by Gasteiger charge is 2.23. The van der Waals surface area contributed by atoms with Gasteiger partial charge in [-0.2, -0.15) is 5.10 Å². The molecule has 6 nitrogen and oxygen atoms in total. The Morgan fingerprint density at radius 1 is 1.41 bits per heavy atom. The topological polar surface area (TPSA) is 73.2 Å². The number of nitrogens with one attached hydrogen (secondary N) is 1. The Kier molecular flexibility index (Phi) is 4.62. The minimum absolute atomic E-state index is 0.0380. The van der Waals surface area contributed by atoms with Crippen molar-refractivity contribution >= 4 is 27.4 Å². The highest BCUT2D eigenvalue weighted by atomic mass is 35.5. The van der Waals surface area contributed by atoms with Crippen molar-refractivity contribution < 1.29 is 17.5 Å². The molecule has 1 N–H and O–H groups in total. The van der Waals surface area contributed by atoms with Crippen LogP contribution in [0.4, 0.5) is 10.2 Å². The summed E-state index contributed by atoms with van der Waals surface area (Å²) in [6.07, 6.45) is 1.18. The summed E-state index contributed by atoms with van der Waals surface area (Å²) in [6, 6.07) is 3.28. The van der Waals surface area contributed by atoms with Gasteiger partial charge in [-0.1, -0.05) is 11.6 Å². The first kappa shape index (κ1) is 16.6. The monoisotopic (exact) mass is 347 g/mol. The van der Waals surface area contributed by atoms with E-state index >= 15 is 0 Å². The molecule has 0 saturated carbocycles. The normalized spacial score (nSPS) is 11.7. The van der Waals surface area contributed by atoms with Gasteiger partial charge in [0.1, 0.15) is 21.5 Å². The van der Waals surface area contributed by atoms with Gasteiger partial charge in [-0.05, 0) is 32.0 Å². The van der Waals surface area contributed by atoms with Crippen LogP contribution in [-0.4, -0.2) is 24.3 Å². The van der Waals surface area contributed by atoms with Gasteiger partial charge in [0, 0.05) is 13.2 Å². The molecule has 1 heterocycles. The highest BCUT2D eigenvalue weighted by molar-refractivity contribution is 7.92. The average Bonchev–Trinajstić information content (AvgIpc) is 2.68. The quantitative estimate of drug-likeness (QED) is 0.902. The van der Waals surface area contributed by atoms with Crippen LogP contribution in [0.3, 0.4) is 0 Å². The second kappa shape index (κ2) is 6.13. The summed E-state index contributed by atoms with van der Waals surface area (Å²) in [6.45, 7) is 3.48. The Bertz CT molecular complexity index is 790. The van der Waals surface area contributed by atoms with Gasteiger partial charge in [-0.15, -0.1) is 0 Å². The predicted octanol–water partition coefficient (Wildman–Crippen LogP) is 2.80. The SMILES string of the molecule is CC(C)Oc1ccc(F)cc1S(=O)(=O)Nc1nn(C)cc1Cl.